The van der Waals surface area contributed by atoms with Crippen molar-refractivity contribution in [2.24, 2.45) is 0 Å². The van der Waals surface area contributed by atoms with Crippen molar-refractivity contribution in [2.75, 3.05) is 6.54 Å². The minimum atomic E-state index is -4.43. The minimum Gasteiger partial charge on any atom is -0.288 e. The van der Waals surface area contributed by atoms with Gasteiger partial charge in [-0.25, -0.2) is 5.01 Å². The van der Waals surface area contributed by atoms with E-state index in [0.717, 1.165) is 23.4 Å². The summed E-state index contributed by atoms with van der Waals surface area (Å²) >= 11 is 0. The predicted octanol–water partition coefficient (Wildman–Crippen LogP) is 2.98. The molecule has 2 rings (SSSR count). The van der Waals surface area contributed by atoms with Crippen LogP contribution in [0.5, 0.6) is 0 Å². The van der Waals surface area contributed by atoms with E-state index in [1.165, 1.54) is 12.1 Å². The number of benzene rings is 1. The second-order valence-electron chi connectivity index (χ2n) is 4.91. The molecule has 1 saturated heterocycles. The average Bonchev–Trinajstić information content (AvgIpc) is 2.77. The van der Waals surface area contributed by atoms with Crippen molar-refractivity contribution in [2.45, 2.75) is 38.4 Å². The quantitative estimate of drug-likeness (QED) is 0.923. The highest BCUT2D eigenvalue weighted by Crippen LogP contribution is 2.37. The third-order valence-electron chi connectivity index (χ3n) is 3.30. The Hall–Kier alpha value is -1.56. The van der Waals surface area contributed by atoms with Gasteiger partial charge in [-0.3, -0.25) is 10.2 Å². The molecule has 110 valence electrons. The van der Waals surface area contributed by atoms with Crippen molar-refractivity contribution < 1.29 is 18.0 Å². The lowest BCUT2D eigenvalue weighted by molar-refractivity contribution is -0.191. The summed E-state index contributed by atoms with van der Waals surface area (Å²) < 4.78 is 39.7. The van der Waals surface area contributed by atoms with Crippen LogP contribution in [0.2, 0.25) is 0 Å². The molecular formula is C14H17F3N2O. The molecule has 1 aromatic carbocycles. The van der Waals surface area contributed by atoms with Crippen molar-refractivity contribution in [3.8, 4) is 0 Å². The Kier molecular flexibility index (Phi) is 4.32. The lowest BCUT2D eigenvalue weighted by Gasteiger charge is -2.29. The second kappa shape index (κ2) is 5.83. The van der Waals surface area contributed by atoms with Crippen LogP contribution in [0.4, 0.5) is 13.2 Å². The number of nitrogens with zero attached hydrogens (tertiary/aromatic N) is 1. The second-order valence-corrected chi connectivity index (χ2v) is 4.91. The number of carbonyl (C=O) groups is 1. The van der Waals surface area contributed by atoms with Crippen molar-refractivity contribution in [1.29, 1.82) is 0 Å². The van der Waals surface area contributed by atoms with Gasteiger partial charge >= 0.3 is 6.18 Å². The topological polar surface area (TPSA) is 32.3 Å². The highest BCUT2D eigenvalue weighted by atomic mass is 19.4. The van der Waals surface area contributed by atoms with Crippen LogP contribution in [-0.2, 0) is 11.2 Å². The number of aryl methyl sites for hydroxylation is 1. The van der Waals surface area contributed by atoms with Gasteiger partial charge in [0.15, 0.2) is 0 Å². The van der Waals surface area contributed by atoms with E-state index in [0.29, 0.717) is 0 Å². The van der Waals surface area contributed by atoms with Gasteiger partial charge in [-0.1, -0.05) is 37.6 Å². The number of nitrogens with one attached hydrogen (secondary N) is 1. The first-order valence-corrected chi connectivity index (χ1v) is 6.63. The largest absolute Gasteiger partial charge is 0.409 e. The molecule has 1 aliphatic rings. The molecule has 0 unspecified atom stereocenters. The van der Waals surface area contributed by atoms with Crippen LogP contribution in [0.3, 0.4) is 0 Å². The Balaban J connectivity index is 2.24. The molecule has 1 aliphatic heterocycles. The SMILES string of the molecule is CCCc1ccc([C@H](N2CCC(=O)N2)C(F)(F)F)cc1. The summed E-state index contributed by atoms with van der Waals surface area (Å²) in [4.78, 5) is 11.1. The molecule has 20 heavy (non-hydrogen) atoms. The Morgan fingerprint density at radius 3 is 2.40 bits per heavy atom. The van der Waals surface area contributed by atoms with Crippen LogP contribution in [0.25, 0.3) is 0 Å². The third-order valence-corrected chi connectivity index (χ3v) is 3.30. The van der Waals surface area contributed by atoms with Gasteiger partial charge in [-0.15, -0.1) is 0 Å². The summed E-state index contributed by atoms with van der Waals surface area (Å²) in [5.41, 5.74) is 3.44. The molecule has 1 amide bonds. The van der Waals surface area contributed by atoms with E-state index in [1.54, 1.807) is 12.1 Å². The number of rotatable bonds is 4. The van der Waals surface area contributed by atoms with Crippen LogP contribution < -0.4 is 5.43 Å². The van der Waals surface area contributed by atoms with E-state index in [9.17, 15) is 18.0 Å². The van der Waals surface area contributed by atoms with Crippen LogP contribution in [0, 0.1) is 0 Å². The third kappa shape index (κ3) is 3.30. The number of hydrazine groups is 1. The van der Waals surface area contributed by atoms with Crippen LogP contribution >= 0.6 is 0 Å². The highest BCUT2D eigenvalue weighted by Gasteiger charge is 2.46. The molecule has 0 spiro atoms. The molecule has 1 N–H and O–H groups in total. The summed E-state index contributed by atoms with van der Waals surface area (Å²) in [7, 11) is 0. The van der Waals surface area contributed by atoms with Gasteiger partial charge in [0.1, 0.15) is 6.04 Å². The first-order valence-electron chi connectivity index (χ1n) is 6.63. The fourth-order valence-corrected chi connectivity index (χ4v) is 2.39. The number of carbonyl (C=O) groups excluding carboxylic acids is 1. The molecule has 1 aromatic rings. The van der Waals surface area contributed by atoms with Gasteiger partial charge < -0.3 is 0 Å². The van der Waals surface area contributed by atoms with Gasteiger partial charge in [-0.2, -0.15) is 13.2 Å². The monoisotopic (exact) mass is 286 g/mol. The van der Waals surface area contributed by atoms with Crippen molar-refractivity contribution in [3.05, 3.63) is 35.4 Å². The minimum absolute atomic E-state index is 0.0692. The molecule has 1 fully saturated rings. The number of hydrogen-bond donors (Lipinski definition) is 1. The standard InChI is InChI=1S/C14H17F3N2O/c1-2-3-10-4-6-11(7-5-10)13(14(15,16)17)19-9-8-12(20)18-19/h4-7,13H,2-3,8-9H2,1H3,(H,18,20)/t13-/m0/s1. The molecule has 0 saturated carbocycles. The summed E-state index contributed by atoms with van der Waals surface area (Å²) in [6, 6.07) is 4.64. The summed E-state index contributed by atoms with van der Waals surface area (Å²) in [5.74, 6) is -0.373. The first-order chi connectivity index (χ1) is 9.41. The van der Waals surface area contributed by atoms with E-state index < -0.39 is 12.2 Å². The summed E-state index contributed by atoms with van der Waals surface area (Å²) in [5, 5.41) is 0.969. The Morgan fingerprint density at radius 1 is 1.30 bits per heavy atom. The zero-order chi connectivity index (χ0) is 14.8. The highest BCUT2D eigenvalue weighted by molar-refractivity contribution is 5.77. The van der Waals surface area contributed by atoms with Gasteiger partial charge in [0.2, 0.25) is 5.91 Å². The maximum absolute atomic E-state index is 13.2. The fraction of sp³-hybridized carbons (Fsp3) is 0.500. The zero-order valence-corrected chi connectivity index (χ0v) is 11.2. The molecule has 6 heteroatoms. The Morgan fingerprint density at radius 2 is 1.95 bits per heavy atom. The van der Waals surface area contributed by atoms with Crippen LogP contribution in [0.1, 0.15) is 36.9 Å². The van der Waals surface area contributed by atoms with Gasteiger partial charge in [0.05, 0.1) is 0 Å². The lowest BCUT2D eigenvalue weighted by atomic mass is 10.0. The number of hydrogen-bond acceptors (Lipinski definition) is 2. The Bertz CT molecular complexity index is 470. The maximum atomic E-state index is 13.2. The van der Waals surface area contributed by atoms with E-state index in [4.69, 9.17) is 0 Å². The molecule has 3 nitrogen and oxygen atoms in total. The fourth-order valence-electron chi connectivity index (χ4n) is 2.39. The molecule has 0 aliphatic carbocycles. The molecular weight excluding hydrogens is 269 g/mol. The van der Waals surface area contributed by atoms with E-state index >= 15 is 0 Å². The molecule has 1 atom stereocenters. The number of amides is 1. The van der Waals surface area contributed by atoms with E-state index in [1.807, 2.05) is 6.92 Å². The van der Waals surface area contributed by atoms with Crippen LogP contribution in [-0.4, -0.2) is 23.6 Å². The van der Waals surface area contributed by atoms with Crippen LogP contribution in [0.15, 0.2) is 24.3 Å². The average molecular weight is 286 g/mol. The van der Waals surface area contributed by atoms with Gasteiger partial charge in [0, 0.05) is 13.0 Å². The van der Waals surface area contributed by atoms with Crippen molar-refractivity contribution >= 4 is 5.91 Å². The van der Waals surface area contributed by atoms with E-state index in [2.05, 4.69) is 5.43 Å². The molecule has 0 bridgehead atoms. The zero-order valence-electron chi connectivity index (χ0n) is 11.2. The summed E-state index contributed by atoms with van der Waals surface area (Å²) in [6.45, 7) is 2.09. The lowest BCUT2D eigenvalue weighted by Crippen LogP contribution is -2.43. The van der Waals surface area contributed by atoms with Gasteiger partial charge in [-0.05, 0) is 17.5 Å². The predicted molar refractivity (Wildman–Crippen MR) is 68.7 cm³/mol. The number of alkyl halides is 3. The van der Waals surface area contributed by atoms with Crippen molar-refractivity contribution in [1.82, 2.24) is 10.4 Å². The normalized spacial score (nSPS) is 18.1. The molecule has 1 heterocycles. The number of halogens is 3. The first kappa shape index (κ1) is 14.8. The molecule has 0 aromatic heterocycles. The smallest absolute Gasteiger partial charge is 0.288 e. The van der Waals surface area contributed by atoms with Gasteiger partial charge in [0.25, 0.3) is 0 Å². The van der Waals surface area contributed by atoms with E-state index in [-0.39, 0.29) is 24.4 Å². The maximum Gasteiger partial charge on any atom is 0.409 e. The Labute approximate surface area is 115 Å². The van der Waals surface area contributed by atoms with Crippen molar-refractivity contribution in [3.63, 3.8) is 0 Å². The summed E-state index contributed by atoms with van der Waals surface area (Å²) in [6.07, 6.45) is -2.54. The molecule has 0 radical (unpaired) electrons.